The Morgan fingerprint density at radius 2 is 2.12 bits per heavy atom. The third kappa shape index (κ3) is 4.05. The van der Waals surface area contributed by atoms with Gasteiger partial charge in [-0.25, -0.2) is 0 Å². The third-order valence-electron chi connectivity index (χ3n) is 2.03. The Morgan fingerprint density at radius 1 is 1.50 bits per heavy atom. The van der Waals surface area contributed by atoms with Crippen molar-refractivity contribution in [2.45, 2.75) is 38.5 Å². The second kappa shape index (κ2) is 5.49. The van der Waals surface area contributed by atoms with E-state index in [1.54, 1.807) is 6.20 Å². The van der Waals surface area contributed by atoms with Gasteiger partial charge in [0.25, 0.3) is 0 Å². The molecule has 0 radical (unpaired) electrons. The van der Waals surface area contributed by atoms with Crippen LogP contribution in [0.2, 0.25) is 0 Å². The first-order valence-corrected chi connectivity index (χ1v) is 7.04. The van der Waals surface area contributed by atoms with Crippen molar-refractivity contribution in [2.24, 2.45) is 0 Å². The second-order valence-electron chi connectivity index (χ2n) is 4.62. The Bertz CT molecular complexity index is 354. The molecule has 0 spiro atoms. The molecule has 0 saturated carbocycles. The highest BCUT2D eigenvalue weighted by atomic mass is 79.9. The Hall–Kier alpha value is -0.100. The average molecular weight is 305 g/mol. The number of halogens is 1. The molecular formula is C11H17BrN2OS. The summed E-state index contributed by atoms with van der Waals surface area (Å²) in [5.74, 6) is 0. The predicted octanol–water partition coefficient (Wildman–Crippen LogP) is 2.96. The van der Waals surface area contributed by atoms with Gasteiger partial charge in [-0.2, -0.15) is 0 Å². The maximum atomic E-state index is 11.9. The molecule has 0 bridgehead atoms. The van der Waals surface area contributed by atoms with Gasteiger partial charge in [-0.3, -0.25) is 4.98 Å². The molecular weight excluding hydrogens is 288 g/mol. The lowest BCUT2D eigenvalue weighted by atomic mass is 10.2. The van der Waals surface area contributed by atoms with Crippen LogP contribution in [0.15, 0.2) is 22.8 Å². The van der Waals surface area contributed by atoms with Crippen molar-refractivity contribution < 1.29 is 4.55 Å². The molecule has 1 rings (SSSR count). The molecule has 1 aromatic heterocycles. The first-order valence-electron chi connectivity index (χ1n) is 5.10. The average Bonchev–Trinajstić information content (AvgIpc) is 2.16. The van der Waals surface area contributed by atoms with E-state index in [0.717, 1.165) is 10.2 Å². The quantitative estimate of drug-likeness (QED) is 0.873. The van der Waals surface area contributed by atoms with E-state index in [-0.39, 0.29) is 10.8 Å². The monoisotopic (exact) mass is 304 g/mol. The van der Waals surface area contributed by atoms with Crippen molar-refractivity contribution in [3.8, 4) is 0 Å². The summed E-state index contributed by atoms with van der Waals surface area (Å²) in [5, 5.41) is 0. The van der Waals surface area contributed by atoms with Crippen LogP contribution < -0.4 is 4.72 Å². The lowest BCUT2D eigenvalue weighted by Gasteiger charge is -2.26. The first kappa shape index (κ1) is 14.0. The van der Waals surface area contributed by atoms with Crippen molar-refractivity contribution in [3.63, 3.8) is 0 Å². The van der Waals surface area contributed by atoms with E-state index >= 15 is 0 Å². The van der Waals surface area contributed by atoms with Crippen LogP contribution in [0.5, 0.6) is 0 Å². The standard InChI is InChI=1S/C11H17BrN2OS/c1-8(14-16(15)11(2,3)4)10-7-9(12)5-6-13-10/h5-8,14H,1-4H3/t8?,16-/m1/s1. The zero-order valence-electron chi connectivity index (χ0n) is 9.95. The van der Waals surface area contributed by atoms with Crippen LogP contribution in [0, 0.1) is 0 Å². The number of hydrogen-bond donors (Lipinski definition) is 1. The molecule has 3 nitrogen and oxygen atoms in total. The molecule has 5 heteroatoms. The normalized spacial score (nSPS) is 15.9. The largest absolute Gasteiger partial charge is 0.598 e. The summed E-state index contributed by atoms with van der Waals surface area (Å²) in [7, 11) is 0. The molecule has 0 aliphatic carbocycles. The maximum absolute atomic E-state index is 11.9. The van der Waals surface area contributed by atoms with Crippen molar-refractivity contribution >= 4 is 27.3 Å². The molecule has 0 fully saturated rings. The topological polar surface area (TPSA) is 48.0 Å². The molecule has 1 heterocycles. The van der Waals surface area contributed by atoms with Crippen LogP contribution >= 0.6 is 15.9 Å². The number of rotatable bonds is 3. The maximum Gasteiger partial charge on any atom is 0.136 e. The van der Waals surface area contributed by atoms with Gasteiger partial charge in [-0.05, 0) is 39.8 Å². The highest BCUT2D eigenvalue weighted by molar-refractivity contribution is 9.10. The Labute approximate surface area is 108 Å². The van der Waals surface area contributed by atoms with Crippen molar-refractivity contribution in [1.82, 2.24) is 9.71 Å². The van der Waals surface area contributed by atoms with Crippen LogP contribution in [0.3, 0.4) is 0 Å². The lowest BCUT2D eigenvalue weighted by Crippen LogP contribution is -2.40. The molecule has 1 N–H and O–H groups in total. The van der Waals surface area contributed by atoms with E-state index in [4.69, 9.17) is 0 Å². The van der Waals surface area contributed by atoms with E-state index in [0.29, 0.717) is 0 Å². The molecule has 90 valence electrons. The minimum Gasteiger partial charge on any atom is -0.598 e. The fourth-order valence-corrected chi connectivity index (χ4v) is 2.20. The second-order valence-corrected chi connectivity index (χ2v) is 7.53. The third-order valence-corrected chi connectivity index (χ3v) is 4.20. The van der Waals surface area contributed by atoms with E-state index in [1.807, 2.05) is 39.8 Å². The predicted molar refractivity (Wildman–Crippen MR) is 71.4 cm³/mol. The summed E-state index contributed by atoms with van der Waals surface area (Å²) >= 11 is 2.31. The zero-order chi connectivity index (χ0) is 12.3. The van der Waals surface area contributed by atoms with E-state index in [2.05, 4.69) is 25.6 Å². The summed E-state index contributed by atoms with van der Waals surface area (Å²) in [4.78, 5) is 4.25. The molecule has 0 aliphatic rings. The summed E-state index contributed by atoms with van der Waals surface area (Å²) in [6.45, 7) is 7.78. The molecule has 0 amide bonds. The van der Waals surface area contributed by atoms with Crippen molar-refractivity contribution in [2.75, 3.05) is 0 Å². The minimum atomic E-state index is -1.08. The lowest BCUT2D eigenvalue weighted by molar-refractivity contribution is 0.529. The van der Waals surface area contributed by atoms with Gasteiger partial charge in [-0.1, -0.05) is 15.9 Å². The van der Waals surface area contributed by atoms with Crippen LogP contribution in [0.1, 0.15) is 39.4 Å². The Morgan fingerprint density at radius 3 is 2.62 bits per heavy atom. The molecule has 1 aromatic rings. The number of aromatic nitrogens is 1. The molecule has 16 heavy (non-hydrogen) atoms. The fourth-order valence-electron chi connectivity index (χ4n) is 1.06. The number of hydrogen-bond acceptors (Lipinski definition) is 3. The fraction of sp³-hybridized carbons (Fsp3) is 0.545. The molecule has 2 atom stereocenters. The Balaban J connectivity index is 2.69. The van der Waals surface area contributed by atoms with E-state index < -0.39 is 11.4 Å². The van der Waals surface area contributed by atoms with Gasteiger partial charge in [0.2, 0.25) is 0 Å². The summed E-state index contributed by atoms with van der Waals surface area (Å²) < 4.78 is 15.7. The van der Waals surface area contributed by atoms with E-state index in [9.17, 15) is 4.55 Å². The summed E-state index contributed by atoms with van der Waals surface area (Å²) in [5.41, 5.74) is 0.881. The minimum absolute atomic E-state index is 0.0300. The SMILES string of the molecule is CC(N[S@+]([O-])C(C)(C)C)c1cc(Br)ccn1. The van der Waals surface area contributed by atoms with Gasteiger partial charge in [0.15, 0.2) is 0 Å². The highest BCUT2D eigenvalue weighted by Gasteiger charge is 2.28. The first-order chi connectivity index (χ1) is 7.30. The molecule has 1 unspecified atom stereocenters. The van der Waals surface area contributed by atoms with Crippen LogP contribution in [0.4, 0.5) is 0 Å². The van der Waals surface area contributed by atoms with Crippen LogP contribution in [-0.2, 0) is 11.4 Å². The van der Waals surface area contributed by atoms with Crippen molar-refractivity contribution in [1.29, 1.82) is 0 Å². The highest BCUT2D eigenvalue weighted by Crippen LogP contribution is 2.20. The Kier molecular flexibility index (Phi) is 4.79. The zero-order valence-corrected chi connectivity index (χ0v) is 12.4. The molecule has 0 aromatic carbocycles. The van der Waals surface area contributed by atoms with E-state index in [1.165, 1.54) is 0 Å². The number of nitrogens with one attached hydrogen (secondary N) is 1. The smallest absolute Gasteiger partial charge is 0.136 e. The number of nitrogens with zero attached hydrogens (tertiary/aromatic N) is 1. The van der Waals surface area contributed by atoms with Crippen LogP contribution in [-0.4, -0.2) is 14.3 Å². The summed E-state index contributed by atoms with van der Waals surface area (Å²) in [6, 6.07) is 3.77. The van der Waals surface area contributed by atoms with Gasteiger partial charge in [0, 0.05) is 22.0 Å². The molecule has 0 aliphatic heterocycles. The van der Waals surface area contributed by atoms with Gasteiger partial charge in [0.1, 0.15) is 4.75 Å². The summed E-state index contributed by atoms with van der Waals surface area (Å²) in [6.07, 6.45) is 1.73. The number of pyridine rings is 1. The van der Waals surface area contributed by atoms with Gasteiger partial charge in [0.05, 0.1) is 11.7 Å². The van der Waals surface area contributed by atoms with Crippen molar-refractivity contribution in [3.05, 3.63) is 28.5 Å². The molecule has 0 saturated heterocycles. The van der Waals surface area contributed by atoms with Gasteiger partial charge in [-0.15, -0.1) is 4.72 Å². The van der Waals surface area contributed by atoms with Gasteiger partial charge >= 0.3 is 0 Å². The van der Waals surface area contributed by atoms with Crippen LogP contribution in [0.25, 0.3) is 0 Å². The van der Waals surface area contributed by atoms with Gasteiger partial charge < -0.3 is 4.55 Å².